The SMILES string of the molecule is [C-]#[N+]c1c(-n2c3ccc(-c4ccccc4)cc3c3cc(-c4ccccc4)ccc32)c(-n2c3ccc(-c4ccccc4)cc3c3cc(-c4ccccc4)ccc32)c2c(oc3c(-c4nc(-c5ccccc5)cc(-c5ccccc5)n4)cccc32)c1-n1c2ccc(-c3ccccc3)cc2c2cc(-c3ccccc3)ccc21. The highest BCUT2D eigenvalue weighted by atomic mass is 16.3. The van der Waals surface area contributed by atoms with Gasteiger partial charge >= 0.3 is 0 Å². The zero-order valence-corrected chi connectivity index (χ0v) is 58.4. The summed E-state index contributed by atoms with van der Waals surface area (Å²) in [5, 5.41) is 7.87. The molecule has 5 aromatic heterocycles. The van der Waals surface area contributed by atoms with Crippen LogP contribution in [0.15, 0.2) is 381 Å². The Labute approximate surface area is 622 Å². The van der Waals surface area contributed by atoms with Crippen molar-refractivity contribution in [1.82, 2.24) is 23.7 Å². The summed E-state index contributed by atoms with van der Waals surface area (Å²) < 4.78 is 15.3. The third-order valence-electron chi connectivity index (χ3n) is 21.7. The topological polar surface area (TPSA) is 58.1 Å². The van der Waals surface area contributed by atoms with Gasteiger partial charge in [0.1, 0.15) is 5.58 Å². The fraction of sp³-hybridized carbons (Fsp3) is 0. The third-order valence-corrected chi connectivity index (χ3v) is 21.7. The normalized spacial score (nSPS) is 11.7. The Morgan fingerprint density at radius 1 is 0.231 bits per heavy atom. The van der Waals surface area contributed by atoms with Crippen LogP contribution in [0.4, 0.5) is 5.69 Å². The largest absolute Gasteiger partial charge is 0.454 e. The molecule has 108 heavy (non-hydrogen) atoms. The maximum atomic E-state index is 10.5. The monoisotopic (exact) mass is 1370 g/mol. The van der Waals surface area contributed by atoms with Crippen molar-refractivity contribution in [2.45, 2.75) is 0 Å². The highest BCUT2D eigenvalue weighted by molar-refractivity contribution is 6.25. The number of furan rings is 1. The molecule has 0 spiro atoms. The van der Waals surface area contributed by atoms with Gasteiger partial charge in [0, 0.05) is 48.8 Å². The van der Waals surface area contributed by atoms with Crippen molar-refractivity contribution >= 4 is 93.0 Å². The van der Waals surface area contributed by atoms with Gasteiger partial charge in [-0.2, -0.15) is 0 Å². The molecule has 0 saturated heterocycles. The number of para-hydroxylation sites is 1. The van der Waals surface area contributed by atoms with Gasteiger partial charge in [-0.05, 0) is 152 Å². The van der Waals surface area contributed by atoms with Crippen LogP contribution in [0.5, 0.6) is 0 Å². The molecule has 0 bridgehead atoms. The Hall–Kier alpha value is -14.7. The van der Waals surface area contributed by atoms with Gasteiger partial charge in [-0.25, -0.2) is 14.8 Å². The second kappa shape index (κ2) is 25.3. The summed E-state index contributed by atoms with van der Waals surface area (Å²) in [5.74, 6) is 0.497. The van der Waals surface area contributed by atoms with Crippen LogP contribution >= 0.6 is 0 Å². The van der Waals surface area contributed by atoms with E-state index in [9.17, 15) is 6.57 Å². The number of hydrogen-bond acceptors (Lipinski definition) is 3. The number of benzene rings is 16. The lowest BCUT2D eigenvalue weighted by atomic mass is 10.0. The zero-order valence-electron chi connectivity index (χ0n) is 58.4. The van der Waals surface area contributed by atoms with Crippen molar-refractivity contribution < 1.29 is 4.42 Å². The molecule has 5 heterocycles. The predicted molar refractivity (Wildman–Crippen MR) is 448 cm³/mol. The maximum Gasteiger partial charge on any atom is 0.239 e. The zero-order chi connectivity index (χ0) is 71.3. The predicted octanol–water partition coefficient (Wildman–Crippen LogP) is 27.2. The molecule has 7 heteroatoms. The number of rotatable bonds is 12. The van der Waals surface area contributed by atoms with Gasteiger partial charge in [0.2, 0.25) is 5.69 Å². The minimum Gasteiger partial charge on any atom is -0.454 e. The lowest BCUT2D eigenvalue weighted by Gasteiger charge is -2.23. The molecular weight excluding hydrogens is 1310 g/mol. The van der Waals surface area contributed by atoms with Crippen LogP contribution in [0.3, 0.4) is 0 Å². The van der Waals surface area contributed by atoms with E-state index in [1.54, 1.807) is 0 Å². The Balaban J connectivity index is 0.984. The molecule has 21 aromatic rings. The first-order valence-electron chi connectivity index (χ1n) is 36.5. The van der Waals surface area contributed by atoms with Gasteiger partial charge in [0.25, 0.3) is 0 Å². The Morgan fingerprint density at radius 3 is 0.806 bits per heavy atom. The summed E-state index contributed by atoms with van der Waals surface area (Å²) >= 11 is 0. The summed E-state index contributed by atoms with van der Waals surface area (Å²) in [6.07, 6.45) is 0. The quantitative estimate of drug-likeness (QED) is 0.115. The molecule has 502 valence electrons. The number of aromatic nitrogens is 5. The molecule has 0 amide bonds. The molecule has 0 aliphatic heterocycles. The Morgan fingerprint density at radius 2 is 0.509 bits per heavy atom. The van der Waals surface area contributed by atoms with E-state index in [1.165, 1.54) is 0 Å². The van der Waals surface area contributed by atoms with E-state index >= 15 is 0 Å². The lowest BCUT2D eigenvalue weighted by molar-refractivity contribution is 0.667. The number of hydrogen-bond donors (Lipinski definition) is 0. The van der Waals surface area contributed by atoms with Crippen LogP contribution in [0.25, 0.3) is 210 Å². The smallest absolute Gasteiger partial charge is 0.239 e. The summed E-state index contributed by atoms with van der Waals surface area (Å²) in [4.78, 5) is 16.2. The molecule has 0 unspecified atom stereocenters. The number of fused-ring (bicyclic) bond motifs is 12. The average molecular weight is 1380 g/mol. The van der Waals surface area contributed by atoms with E-state index in [1.807, 2.05) is 12.1 Å². The van der Waals surface area contributed by atoms with E-state index in [0.29, 0.717) is 39.6 Å². The van der Waals surface area contributed by atoms with E-state index in [0.717, 1.165) is 171 Å². The third kappa shape index (κ3) is 10.1. The summed E-state index contributed by atoms with van der Waals surface area (Å²) in [5.41, 5.74) is 26.4. The molecule has 16 aromatic carbocycles. The van der Waals surface area contributed by atoms with Crippen molar-refractivity contribution in [1.29, 1.82) is 0 Å². The highest BCUT2D eigenvalue weighted by Gasteiger charge is 2.34. The minimum atomic E-state index is 0.389. The van der Waals surface area contributed by atoms with Crippen LogP contribution in [0.2, 0.25) is 0 Å². The Bertz CT molecular complexity index is 6830. The fourth-order valence-corrected chi connectivity index (χ4v) is 16.6. The first-order chi connectivity index (χ1) is 53.5. The Kier molecular flexibility index (Phi) is 14.5. The second-order valence-corrected chi connectivity index (χ2v) is 27.8. The summed E-state index contributed by atoms with van der Waals surface area (Å²) in [6, 6.07) is 134. The molecule has 0 saturated carbocycles. The van der Waals surface area contributed by atoms with Crippen molar-refractivity contribution in [2.75, 3.05) is 0 Å². The maximum absolute atomic E-state index is 10.5. The van der Waals surface area contributed by atoms with Gasteiger partial charge in [-0.15, -0.1) is 0 Å². The number of nitrogens with zero attached hydrogens (tertiary/aromatic N) is 6. The van der Waals surface area contributed by atoms with Crippen LogP contribution in [0.1, 0.15) is 0 Å². The lowest BCUT2D eigenvalue weighted by Crippen LogP contribution is -2.08. The van der Waals surface area contributed by atoms with Crippen molar-refractivity contribution in [2.24, 2.45) is 0 Å². The van der Waals surface area contributed by atoms with Crippen LogP contribution in [-0.2, 0) is 0 Å². The minimum absolute atomic E-state index is 0.389. The average Bonchev–Trinajstić information content (AvgIpc) is 1.52. The molecular formula is C101H62N6O. The second-order valence-electron chi connectivity index (χ2n) is 27.8. The molecule has 0 radical (unpaired) electrons. The molecule has 0 atom stereocenters. The van der Waals surface area contributed by atoms with E-state index in [-0.39, 0.29) is 0 Å². The van der Waals surface area contributed by atoms with E-state index in [2.05, 4.69) is 378 Å². The van der Waals surface area contributed by atoms with E-state index in [4.69, 9.17) is 19.2 Å². The molecule has 0 N–H and O–H groups in total. The van der Waals surface area contributed by atoms with Gasteiger partial charge in [-0.1, -0.05) is 291 Å². The first-order valence-corrected chi connectivity index (χ1v) is 36.5. The van der Waals surface area contributed by atoms with E-state index < -0.39 is 0 Å². The first kappa shape index (κ1) is 61.9. The molecule has 7 nitrogen and oxygen atoms in total. The van der Waals surface area contributed by atoms with Crippen LogP contribution < -0.4 is 0 Å². The van der Waals surface area contributed by atoms with Gasteiger partial charge in [0.05, 0.1) is 79.1 Å². The summed E-state index contributed by atoms with van der Waals surface area (Å²) in [6.45, 7) is 10.5. The standard InChI is InChI=1S/C101H62N6O/c1-102-95-97(106-90-53-47-74(66-31-14-4-15-32-66)59-82(90)83-60-75(48-54-91(83)106)67-33-16-5-17-34-67)96(105-88-51-45-72(64-27-10-2-11-28-64)57-80(88)81-58-73(46-52-89(81)105)65-29-12-3-13-30-65)94-78-43-26-44-79(101-103-86(70-39-22-8-23-40-70)63-87(104-101)71-41-24-9-25-42-71)99(78)108-100(94)98(95)107-92-55-49-76(68-35-18-6-19-36-68)61-84(92)85-62-77(50-56-93(85)107)69-37-20-7-21-38-69/h2-63H. The molecule has 0 aliphatic carbocycles. The molecule has 21 rings (SSSR count). The van der Waals surface area contributed by atoms with Crippen LogP contribution in [0, 0.1) is 6.57 Å². The highest BCUT2D eigenvalue weighted by Crippen LogP contribution is 2.55. The molecule has 0 aliphatic rings. The van der Waals surface area contributed by atoms with Crippen molar-refractivity contribution in [3.8, 4) is 118 Å². The van der Waals surface area contributed by atoms with Crippen LogP contribution in [-0.4, -0.2) is 23.7 Å². The van der Waals surface area contributed by atoms with Crippen molar-refractivity contribution in [3.63, 3.8) is 0 Å². The van der Waals surface area contributed by atoms with Crippen molar-refractivity contribution in [3.05, 3.63) is 388 Å². The van der Waals surface area contributed by atoms with Gasteiger partial charge < -0.3 is 18.1 Å². The van der Waals surface area contributed by atoms with Gasteiger partial charge in [-0.3, -0.25) is 0 Å². The molecule has 0 fully saturated rings. The van der Waals surface area contributed by atoms with Gasteiger partial charge in [0.15, 0.2) is 11.4 Å². The summed E-state index contributed by atoms with van der Waals surface area (Å²) in [7, 11) is 0. The fourth-order valence-electron chi connectivity index (χ4n) is 16.6.